The molecule has 0 aliphatic carbocycles. The molecular weight excluding hydrogens is 340 g/mol. The predicted molar refractivity (Wildman–Crippen MR) is 99.3 cm³/mol. The molecule has 25 heavy (non-hydrogen) atoms. The minimum Gasteiger partial charge on any atom is -0.493 e. The summed E-state index contributed by atoms with van der Waals surface area (Å²) in [6, 6.07) is 14.1. The van der Waals surface area contributed by atoms with E-state index in [0.29, 0.717) is 48.0 Å². The van der Waals surface area contributed by atoms with E-state index >= 15 is 0 Å². The monoisotopic (exact) mass is 360 g/mol. The van der Waals surface area contributed by atoms with Gasteiger partial charge in [-0.1, -0.05) is 35.9 Å². The number of carbonyl (C=O) groups excluding carboxylic acids is 2. The van der Waals surface area contributed by atoms with Gasteiger partial charge in [0.1, 0.15) is 5.75 Å². The van der Waals surface area contributed by atoms with Gasteiger partial charge in [0.2, 0.25) is 5.91 Å². The zero-order valence-corrected chi connectivity index (χ0v) is 14.8. The highest BCUT2D eigenvalue weighted by atomic mass is 35.5. The van der Waals surface area contributed by atoms with Gasteiger partial charge in [-0.05, 0) is 37.6 Å². The fourth-order valence-electron chi connectivity index (χ4n) is 2.26. The Hall–Kier alpha value is -2.53. The summed E-state index contributed by atoms with van der Waals surface area (Å²) in [6.45, 7) is 2.76. The molecular formula is C19H21ClN2O3. The zero-order valence-electron chi connectivity index (χ0n) is 14.0. The quantitative estimate of drug-likeness (QED) is 0.702. The van der Waals surface area contributed by atoms with Gasteiger partial charge in [-0.25, -0.2) is 0 Å². The molecule has 0 aliphatic heterocycles. The molecule has 2 aromatic carbocycles. The highest BCUT2D eigenvalue weighted by Crippen LogP contribution is 2.20. The van der Waals surface area contributed by atoms with Crippen LogP contribution in [-0.2, 0) is 4.79 Å². The van der Waals surface area contributed by atoms with Crippen LogP contribution in [0.1, 0.15) is 30.1 Å². The largest absolute Gasteiger partial charge is 0.493 e. The van der Waals surface area contributed by atoms with Crippen LogP contribution in [0.25, 0.3) is 0 Å². The van der Waals surface area contributed by atoms with Crippen molar-refractivity contribution in [1.29, 1.82) is 0 Å². The standard InChI is InChI=1S/C19H21ClN2O3/c1-2-25-17-11-6-3-8-14(17)19(24)21-13-7-12-18(23)22-16-10-5-4-9-15(16)20/h3-6,8-11H,2,7,12-13H2,1H3,(H,21,24)(H,22,23). The van der Waals surface area contributed by atoms with E-state index in [1.807, 2.05) is 13.0 Å². The van der Waals surface area contributed by atoms with Crippen molar-refractivity contribution < 1.29 is 14.3 Å². The molecule has 2 aromatic rings. The maximum atomic E-state index is 12.2. The van der Waals surface area contributed by atoms with E-state index in [4.69, 9.17) is 16.3 Å². The summed E-state index contributed by atoms with van der Waals surface area (Å²) in [7, 11) is 0. The number of para-hydroxylation sites is 2. The van der Waals surface area contributed by atoms with E-state index in [2.05, 4.69) is 10.6 Å². The van der Waals surface area contributed by atoms with Gasteiger partial charge >= 0.3 is 0 Å². The minimum atomic E-state index is -0.212. The van der Waals surface area contributed by atoms with E-state index in [-0.39, 0.29) is 11.8 Å². The number of carbonyl (C=O) groups is 2. The second-order valence-electron chi connectivity index (χ2n) is 5.32. The average molecular weight is 361 g/mol. The Labute approximate surface area is 152 Å². The summed E-state index contributed by atoms with van der Waals surface area (Å²) in [5, 5.41) is 6.05. The van der Waals surface area contributed by atoms with Gasteiger partial charge in [-0.2, -0.15) is 0 Å². The van der Waals surface area contributed by atoms with Gasteiger partial charge in [0.25, 0.3) is 5.91 Å². The van der Waals surface area contributed by atoms with E-state index in [9.17, 15) is 9.59 Å². The van der Waals surface area contributed by atoms with Crippen molar-refractivity contribution >= 4 is 29.1 Å². The summed E-state index contributed by atoms with van der Waals surface area (Å²) >= 11 is 6.00. The molecule has 0 atom stereocenters. The molecule has 0 fully saturated rings. The second-order valence-corrected chi connectivity index (χ2v) is 5.72. The van der Waals surface area contributed by atoms with Crippen LogP contribution in [0.4, 0.5) is 5.69 Å². The van der Waals surface area contributed by atoms with E-state index < -0.39 is 0 Å². The predicted octanol–water partition coefficient (Wildman–Crippen LogP) is 3.89. The summed E-state index contributed by atoms with van der Waals surface area (Å²) in [4.78, 5) is 24.1. The topological polar surface area (TPSA) is 67.4 Å². The number of benzene rings is 2. The molecule has 6 heteroatoms. The van der Waals surface area contributed by atoms with Crippen LogP contribution in [0, 0.1) is 0 Å². The Morgan fingerprint density at radius 2 is 1.80 bits per heavy atom. The Kier molecular flexibility index (Phi) is 7.29. The van der Waals surface area contributed by atoms with Crippen LogP contribution in [0.3, 0.4) is 0 Å². The first kappa shape index (κ1) is 18.8. The van der Waals surface area contributed by atoms with Crippen molar-refractivity contribution in [3.8, 4) is 5.75 Å². The first-order chi connectivity index (χ1) is 12.1. The third kappa shape index (κ3) is 5.80. The molecule has 0 saturated carbocycles. The molecule has 0 saturated heterocycles. The SMILES string of the molecule is CCOc1ccccc1C(=O)NCCCC(=O)Nc1ccccc1Cl. The molecule has 0 aromatic heterocycles. The van der Waals surface area contributed by atoms with Crippen LogP contribution >= 0.6 is 11.6 Å². The Morgan fingerprint density at radius 1 is 1.08 bits per heavy atom. The molecule has 0 aliphatic rings. The Morgan fingerprint density at radius 3 is 2.56 bits per heavy atom. The average Bonchev–Trinajstić information content (AvgIpc) is 2.61. The van der Waals surface area contributed by atoms with Crippen molar-refractivity contribution in [2.45, 2.75) is 19.8 Å². The zero-order chi connectivity index (χ0) is 18.1. The molecule has 0 unspecified atom stereocenters. The summed E-state index contributed by atoms with van der Waals surface area (Å²) < 4.78 is 5.44. The van der Waals surface area contributed by atoms with Gasteiger partial charge < -0.3 is 15.4 Å². The number of hydrogen-bond acceptors (Lipinski definition) is 3. The highest BCUT2D eigenvalue weighted by molar-refractivity contribution is 6.33. The maximum absolute atomic E-state index is 12.2. The van der Waals surface area contributed by atoms with Gasteiger partial charge in [0.05, 0.1) is 22.9 Å². The van der Waals surface area contributed by atoms with Crippen LogP contribution in [0.15, 0.2) is 48.5 Å². The number of anilines is 1. The summed E-state index contributed by atoms with van der Waals surface area (Å²) in [6.07, 6.45) is 0.817. The van der Waals surface area contributed by atoms with E-state index in [1.54, 1.807) is 42.5 Å². The van der Waals surface area contributed by atoms with Crippen LogP contribution in [0.5, 0.6) is 5.75 Å². The fraction of sp³-hybridized carbons (Fsp3) is 0.263. The normalized spacial score (nSPS) is 10.2. The molecule has 2 N–H and O–H groups in total. The van der Waals surface area contributed by atoms with Crippen LogP contribution < -0.4 is 15.4 Å². The molecule has 2 rings (SSSR count). The molecule has 132 valence electrons. The molecule has 0 bridgehead atoms. The molecule has 0 radical (unpaired) electrons. The fourth-order valence-corrected chi connectivity index (χ4v) is 2.44. The molecule has 0 heterocycles. The molecule has 2 amide bonds. The van der Waals surface area contributed by atoms with Gasteiger partial charge in [-0.15, -0.1) is 0 Å². The van der Waals surface area contributed by atoms with Crippen molar-refractivity contribution in [1.82, 2.24) is 5.32 Å². The maximum Gasteiger partial charge on any atom is 0.255 e. The molecule has 5 nitrogen and oxygen atoms in total. The Balaban J connectivity index is 1.76. The number of nitrogens with one attached hydrogen (secondary N) is 2. The number of ether oxygens (including phenoxy) is 1. The van der Waals surface area contributed by atoms with Crippen molar-refractivity contribution in [2.75, 3.05) is 18.5 Å². The number of amides is 2. The second kappa shape index (κ2) is 9.69. The first-order valence-corrected chi connectivity index (χ1v) is 8.54. The highest BCUT2D eigenvalue weighted by Gasteiger charge is 2.11. The Bertz CT molecular complexity index is 734. The van der Waals surface area contributed by atoms with Gasteiger partial charge in [0, 0.05) is 13.0 Å². The minimum absolute atomic E-state index is 0.142. The lowest BCUT2D eigenvalue weighted by molar-refractivity contribution is -0.116. The first-order valence-electron chi connectivity index (χ1n) is 8.16. The lowest BCUT2D eigenvalue weighted by Gasteiger charge is -2.10. The third-order valence-electron chi connectivity index (χ3n) is 3.45. The van der Waals surface area contributed by atoms with Crippen LogP contribution in [0.2, 0.25) is 5.02 Å². The number of rotatable bonds is 8. The number of halogens is 1. The van der Waals surface area contributed by atoms with E-state index in [0.717, 1.165) is 0 Å². The van der Waals surface area contributed by atoms with Gasteiger partial charge in [-0.3, -0.25) is 9.59 Å². The smallest absolute Gasteiger partial charge is 0.255 e. The van der Waals surface area contributed by atoms with Crippen molar-refractivity contribution in [3.63, 3.8) is 0 Å². The lowest BCUT2D eigenvalue weighted by Crippen LogP contribution is -2.26. The summed E-state index contributed by atoms with van der Waals surface area (Å²) in [5.74, 6) is 0.201. The van der Waals surface area contributed by atoms with Crippen molar-refractivity contribution in [3.05, 3.63) is 59.1 Å². The van der Waals surface area contributed by atoms with Gasteiger partial charge in [0.15, 0.2) is 0 Å². The van der Waals surface area contributed by atoms with Crippen molar-refractivity contribution in [2.24, 2.45) is 0 Å². The molecule has 0 spiro atoms. The van der Waals surface area contributed by atoms with Crippen LogP contribution in [-0.4, -0.2) is 25.0 Å². The lowest BCUT2D eigenvalue weighted by atomic mass is 10.2. The van der Waals surface area contributed by atoms with E-state index in [1.165, 1.54) is 0 Å². The summed E-state index contributed by atoms with van der Waals surface area (Å²) in [5.41, 5.74) is 1.08. The third-order valence-corrected chi connectivity index (χ3v) is 3.78. The number of hydrogen-bond donors (Lipinski definition) is 2.